The van der Waals surface area contributed by atoms with E-state index in [1.54, 1.807) is 6.92 Å². The summed E-state index contributed by atoms with van der Waals surface area (Å²) < 4.78 is 19.3. The number of nitrogens with zero attached hydrogens (tertiary/aromatic N) is 2. The van der Waals surface area contributed by atoms with Crippen LogP contribution in [0.25, 0.3) is 0 Å². The zero-order chi connectivity index (χ0) is 43.4. The molecule has 0 unspecified atom stereocenters. The van der Waals surface area contributed by atoms with Crippen molar-refractivity contribution < 1.29 is 45.9 Å². The van der Waals surface area contributed by atoms with Crippen LogP contribution in [-0.2, 0) is 36.9 Å². The molecule has 4 amide bonds. The Morgan fingerprint density at radius 2 is 0.821 bits per heavy atom. The van der Waals surface area contributed by atoms with Crippen LogP contribution in [0.4, 0.5) is 0 Å². The molecule has 0 bridgehead atoms. The van der Waals surface area contributed by atoms with Gasteiger partial charge in [-0.1, -0.05) is 6.58 Å². The number of likely N-dealkylation sites (N-methyl/N-ethyl adjacent to an activating group) is 2. The van der Waals surface area contributed by atoms with E-state index in [2.05, 4.69) is 80.2 Å². The Morgan fingerprint density at radius 1 is 0.518 bits per heavy atom. The third-order valence-electron chi connectivity index (χ3n) is 9.26. The summed E-state index contributed by atoms with van der Waals surface area (Å²) in [4.78, 5) is 60.9. The minimum Gasteiger partial charge on any atom is -0.456 e. The van der Waals surface area contributed by atoms with E-state index in [-0.39, 0.29) is 47.8 Å². The average molecular weight is 863 g/mol. The highest BCUT2D eigenvalue weighted by Gasteiger charge is 2.34. The van der Waals surface area contributed by atoms with Crippen molar-refractivity contribution in [3.8, 4) is 0 Å². The summed E-state index contributed by atoms with van der Waals surface area (Å²) >= 11 is 0. The lowest BCUT2D eigenvalue weighted by molar-refractivity contribution is -0.882. The molecule has 0 fully saturated rings. The first-order chi connectivity index (χ1) is 25.5. The predicted octanol–water partition coefficient (Wildman–Crippen LogP) is 4.16. The van der Waals surface area contributed by atoms with Gasteiger partial charge in [-0.15, -0.1) is 0 Å². The Hall–Kier alpha value is -2.20. The lowest BCUT2D eigenvalue weighted by atomic mass is 10.3. The summed E-state index contributed by atoms with van der Waals surface area (Å²) in [7, 11) is 0.0297. The molecule has 0 aromatic rings. The Labute approximate surface area is 344 Å². The van der Waals surface area contributed by atoms with E-state index in [4.69, 9.17) is 13.0 Å². The molecular weight excluding hydrogens is 781 g/mol. The average Bonchev–Trinajstić information content (AvgIpc) is 3.00. The van der Waals surface area contributed by atoms with Gasteiger partial charge in [-0.2, -0.15) is 0 Å². The summed E-state index contributed by atoms with van der Waals surface area (Å²) in [5, 5.41) is 12.0. The zero-order valence-corrected chi connectivity index (χ0v) is 41.9. The van der Waals surface area contributed by atoms with E-state index >= 15 is 0 Å². The van der Waals surface area contributed by atoms with Gasteiger partial charge in [0.2, 0.25) is 5.91 Å². The van der Waals surface area contributed by atoms with Crippen LogP contribution in [0.2, 0.25) is 76.6 Å². The van der Waals surface area contributed by atoms with Crippen LogP contribution in [0.15, 0.2) is 12.2 Å². The van der Waals surface area contributed by atoms with Gasteiger partial charge in [0.05, 0.1) is 28.2 Å². The molecule has 0 saturated heterocycles. The van der Waals surface area contributed by atoms with Crippen LogP contribution in [0.3, 0.4) is 0 Å². The number of amides is 4. The fourth-order valence-corrected chi connectivity index (χ4v) is 24.4. The Kier molecular flexibility index (Phi) is 23.7. The molecule has 0 rings (SSSR count). The van der Waals surface area contributed by atoms with Crippen molar-refractivity contribution in [3.05, 3.63) is 12.2 Å². The molecule has 0 aliphatic rings. The third-order valence-corrected chi connectivity index (χ3v) is 24.3. The van der Waals surface area contributed by atoms with Crippen LogP contribution in [0.5, 0.6) is 0 Å². The predicted molar refractivity (Wildman–Crippen MR) is 237 cm³/mol. The lowest BCUT2D eigenvalue weighted by Gasteiger charge is -2.34. The van der Waals surface area contributed by atoms with Crippen molar-refractivity contribution >= 4 is 62.9 Å². The van der Waals surface area contributed by atoms with Crippen LogP contribution in [0.1, 0.15) is 39.5 Å². The molecule has 0 spiro atoms. The molecule has 0 aromatic heterocycles. The second-order valence-corrected chi connectivity index (χ2v) is 36.9. The SMILES string of the molecule is C=C(C)C(=O)OCC[N+](C)(C)CC(=O)NCCC[Si](C)(C)O[Si](C)(C)CCCNC(=O)C[N+](C)(C)CC(=O)NCCC[Si](C)(C)O[Si](C)(C)CCCNC(C)=O. The molecule has 0 atom stereocenters. The van der Waals surface area contributed by atoms with E-state index in [0.29, 0.717) is 49.3 Å². The van der Waals surface area contributed by atoms with E-state index < -0.39 is 39.2 Å². The van der Waals surface area contributed by atoms with Gasteiger partial charge in [-0.3, -0.25) is 19.2 Å². The largest absolute Gasteiger partial charge is 0.456 e. The van der Waals surface area contributed by atoms with Crippen LogP contribution >= 0.6 is 0 Å². The number of hydrogen-bond acceptors (Lipinski definition) is 8. The minimum atomic E-state index is -1.97. The second-order valence-electron chi connectivity index (χ2n) is 19.2. The molecule has 0 saturated carbocycles. The van der Waals surface area contributed by atoms with Crippen LogP contribution in [-0.4, -0.2) is 159 Å². The fraction of sp³-hybridized carbons (Fsp3) is 0.816. The summed E-state index contributed by atoms with van der Waals surface area (Å²) in [6.07, 6.45) is 3.46. The molecular formula is C38H82N6O8Si4+2. The van der Waals surface area contributed by atoms with Crippen LogP contribution in [0, 0.1) is 0 Å². The van der Waals surface area contributed by atoms with E-state index in [1.165, 1.54) is 6.92 Å². The monoisotopic (exact) mass is 863 g/mol. The molecule has 4 N–H and O–H groups in total. The smallest absolute Gasteiger partial charge is 0.333 e. The van der Waals surface area contributed by atoms with E-state index in [0.717, 1.165) is 49.9 Å². The van der Waals surface area contributed by atoms with Crippen molar-refractivity contribution in [2.75, 3.05) is 87.2 Å². The fourth-order valence-electron chi connectivity index (χ4n) is 6.68. The summed E-state index contributed by atoms with van der Waals surface area (Å²) in [5.41, 5.74) is 0.360. The molecule has 326 valence electrons. The second kappa shape index (κ2) is 24.7. The number of esters is 1. The highest BCUT2D eigenvalue weighted by molar-refractivity contribution is 6.85. The Morgan fingerprint density at radius 3 is 1.12 bits per heavy atom. The van der Waals surface area contributed by atoms with Gasteiger partial charge < -0.3 is 43.2 Å². The molecule has 0 aromatic carbocycles. The van der Waals surface area contributed by atoms with Gasteiger partial charge in [0.25, 0.3) is 17.7 Å². The van der Waals surface area contributed by atoms with Gasteiger partial charge in [-0.25, -0.2) is 4.79 Å². The number of hydrogen-bond donors (Lipinski definition) is 4. The van der Waals surface area contributed by atoms with Crippen molar-refractivity contribution in [2.24, 2.45) is 0 Å². The number of quaternary nitrogens is 2. The molecule has 0 aliphatic heterocycles. The van der Waals surface area contributed by atoms with E-state index in [1.807, 2.05) is 28.2 Å². The number of ether oxygens (including phenoxy) is 1. The van der Waals surface area contributed by atoms with Gasteiger partial charge in [-0.05, 0) is 109 Å². The maximum absolute atomic E-state index is 12.8. The molecule has 0 radical (unpaired) electrons. The Balaban J connectivity index is 4.41. The highest BCUT2D eigenvalue weighted by Crippen LogP contribution is 2.24. The highest BCUT2D eigenvalue weighted by atomic mass is 28.4. The maximum Gasteiger partial charge on any atom is 0.333 e. The van der Waals surface area contributed by atoms with Crippen molar-refractivity contribution in [1.29, 1.82) is 0 Å². The molecule has 0 heterocycles. The quantitative estimate of drug-likeness (QED) is 0.0276. The maximum atomic E-state index is 12.8. The number of carbonyl (C=O) groups is 5. The standard InChI is InChI=1S/C38H80N6O8Si4/c1-33(2)38(49)50-25-24-43(4,5)30-35(46)40-21-17-27-55(12,13)52-56(14,15)29-19-23-42-37(48)32-44(6,7)31-36(47)41-22-18-28-54(10,11)51-53(8,9)26-16-20-39-34(3)45/h1,16-32H2,2-15H3,(H2-2,39,40,41,42,45,46,47,48)/p+2. The summed E-state index contributed by atoms with van der Waals surface area (Å²) in [6, 6.07) is 3.83. The third kappa shape index (κ3) is 29.1. The zero-order valence-electron chi connectivity index (χ0n) is 37.9. The summed E-state index contributed by atoms with van der Waals surface area (Å²) in [6.45, 7) is 28.5. The first-order valence-electron chi connectivity index (χ1n) is 20.4. The topological polar surface area (TPSA) is 161 Å². The van der Waals surface area contributed by atoms with Crippen LogP contribution < -0.4 is 21.3 Å². The molecule has 18 heteroatoms. The normalized spacial score (nSPS) is 12.8. The number of nitrogens with one attached hydrogen (secondary N) is 4. The van der Waals surface area contributed by atoms with Crippen molar-refractivity contribution in [1.82, 2.24) is 21.3 Å². The first kappa shape index (κ1) is 53.8. The van der Waals surface area contributed by atoms with Crippen molar-refractivity contribution in [2.45, 2.75) is 116 Å². The summed E-state index contributed by atoms with van der Waals surface area (Å²) in [5.74, 6) is -0.576. The van der Waals surface area contributed by atoms with Crippen molar-refractivity contribution in [3.63, 3.8) is 0 Å². The molecule has 0 aliphatic carbocycles. The van der Waals surface area contributed by atoms with Gasteiger partial charge in [0.1, 0.15) is 13.2 Å². The van der Waals surface area contributed by atoms with E-state index in [9.17, 15) is 24.0 Å². The minimum absolute atomic E-state index is 0.00106. The first-order valence-corrected chi connectivity index (χ1v) is 32.8. The van der Waals surface area contributed by atoms with Gasteiger partial charge >= 0.3 is 5.97 Å². The van der Waals surface area contributed by atoms with Gasteiger partial charge in [0, 0.05) is 38.7 Å². The number of carbonyl (C=O) groups excluding carboxylic acids is 5. The van der Waals surface area contributed by atoms with Gasteiger partial charge in [0.15, 0.2) is 52.9 Å². The number of rotatable bonds is 30. The lowest BCUT2D eigenvalue weighted by Crippen LogP contribution is -2.52. The Bertz CT molecular complexity index is 1290. The molecule has 14 nitrogen and oxygen atoms in total. The molecule has 56 heavy (non-hydrogen) atoms.